The molecule has 0 spiro atoms. The van der Waals surface area contributed by atoms with Gasteiger partial charge in [-0.2, -0.15) is 0 Å². The van der Waals surface area contributed by atoms with Crippen molar-refractivity contribution in [1.29, 1.82) is 0 Å². The lowest BCUT2D eigenvalue weighted by Crippen LogP contribution is -2.39. The topological polar surface area (TPSA) is 84.6 Å². The van der Waals surface area contributed by atoms with E-state index in [2.05, 4.69) is 5.32 Å². The van der Waals surface area contributed by atoms with Crippen molar-refractivity contribution in [2.45, 2.75) is 44.6 Å². The smallest absolute Gasteiger partial charge is 0.222 e. The summed E-state index contributed by atoms with van der Waals surface area (Å²) in [6, 6.07) is 0. The Morgan fingerprint density at radius 2 is 2.17 bits per heavy atom. The zero-order valence-electron chi connectivity index (χ0n) is 11.3. The number of hydrogen-bond donors (Lipinski definition) is 3. The van der Waals surface area contributed by atoms with E-state index in [0.717, 1.165) is 19.3 Å². The quantitative estimate of drug-likeness (QED) is 0.589. The second-order valence-corrected chi connectivity index (χ2v) is 5.25. The van der Waals surface area contributed by atoms with Gasteiger partial charge in [-0.15, -0.1) is 0 Å². The standard InChI is InChI=1S/C13H26N2O3/c1-18-11(9-14)8-12(17)15-10-13(6-7-16)4-2-3-5-13/h11,16H,2-10,14H2,1H3,(H,15,17). The van der Waals surface area contributed by atoms with Crippen molar-refractivity contribution in [3.63, 3.8) is 0 Å². The zero-order valence-corrected chi connectivity index (χ0v) is 11.3. The van der Waals surface area contributed by atoms with E-state index >= 15 is 0 Å². The van der Waals surface area contributed by atoms with Crippen molar-refractivity contribution in [3.8, 4) is 0 Å². The third-order valence-electron chi connectivity index (χ3n) is 3.98. The van der Waals surface area contributed by atoms with Gasteiger partial charge < -0.3 is 20.9 Å². The fraction of sp³-hybridized carbons (Fsp3) is 0.923. The van der Waals surface area contributed by atoms with Crippen LogP contribution in [0.15, 0.2) is 0 Å². The van der Waals surface area contributed by atoms with Crippen molar-refractivity contribution in [2.75, 3.05) is 26.8 Å². The highest BCUT2D eigenvalue weighted by atomic mass is 16.5. The molecule has 1 amide bonds. The van der Waals surface area contributed by atoms with Gasteiger partial charge in [0.15, 0.2) is 0 Å². The van der Waals surface area contributed by atoms with Crippen LogP contribution in [0.1, 0.15) is 38.5 Å². The molecule has 0 aromatic heterocycles. The van der Waals surface area contributed by atoms with E-state index in [1.165, 1.54) is 12.8 Å². The summed E-state index contributed by atoms with van der Waals surface area (Å²) >= 11 is 0. The maximum atomic E-state index is 11.8. The molecule has 1 aliphatic rings. The lowest BCUT2D eigenvalue weighted by atomic mass is 9.83. The minimum atomic E-state index is -0.206. The summed E-state index contributed by atoms with van der Waals surface area (Å²) in [4.78, 5) is 11.8. The molecule has 0 heterocycles. The predicted octanol–water partition coefficient (Wildman–Crippen LogP) is 0.409. The molecule has 0 aromatic carbocycles. The van der Waals surface area contributed by atoms with Gasteiger partial charge in [0.25, 0.3) is 0 Å². The summed E-state index contributed by atoms with van der Waals surface area (Å²) in [5.74, 6) is -0.0171. The Bertz CT molecular complexity index is 249. The van der Waals surface area contributed by atoms with Crippen LogP contribution in [0.4, 0.5) is 0 Å². The Kier molecular flexibility index (Phi) is 6.60. The van der Waals surface area contributed by atoms with Crippen LogP contribution in [0.2, 0.25) is 0 Å². The van der Waals surface area contributed by atoms with Gasteiger partial charge >= 0.3 is 0 Å². The number of amides is 1. The first-order valence-corrected chi connectivity index (χ1v) is 6.76. The van der Waals surface area contributed by atoms with Crippen LogP contribution in [0.3, 0.4) is 0 Å². The first-order valence-electron chi connectivity index (χ1n) is 6.76. The van der Waals surface area contributed by atoms with Crippen LogP contribution in [-0.4, -0.2) is 43.9 Å². The summed E-state index contributed by atoms with van der Waals surface area (Å²) in [5.41, 5.74) is 5.59. The molecule has 18 heavy (non-hydrogen) atoms. The first-order chi connectivity index (χ1) is 8.65. The fourth-order valence-electron chi connectivity index (χ4n) is 2.71. The van der Waals surface area contributed by atoms with E-state index in [1.807, 2.05) is 0 Å². The third kappa shape index (κ3) is 4.55. The summed E-state index contributed by atoms with van der Waals surface area (Å²) < 4.78 is 5.09. The Balaban J connectivity index is 2.35. The first kappa shape index (κ1) is 15.4. The number of carbonyl (C=O) groups is 1. The molecule has 0 aliphatic heterocycles. The summed E-state index contributed by atoms with van der Waals surface area (Å²) in [6.07, 6.45) is 5.46. The van der Waals surface area contributed by atoms with Crippen LogP contribution in [0.25, 0.3) is 0 Å². The van der Waals surface area contributed by atoms with Crippen LogP contribution in [0, 0.1) is 5.41 Å². The normalized spacial score (nSPS) is 19.7. The third-order valence-corrected chi connectivity index (χ3v) is 3.98. The number of carbonyl (C=O) groups excluding carboxylic acids is 1. The molecule has 1 unspecified atom stereocenters. The van der Waals surface area contributed by atoms with Crippen LogP contribution < -0.4 is 11.1 Å². The predicted molar refractivity (Wildman–Crippen MR) is 70.1 cm³/mol. The Morgan fingerprint density at radius 1 is 1.50 bits per heavy atom. The van der Waals surface area contributed by atoms with Crippen molar-refractivity contribution in [2.24, 2.45) is 11.1 Å². The Hall–Kier alpha value is -0.650. The van der Waals surface area contributed by atoms with Gasteiger partial charge in [-0.05, 0) is 24.7 Å². The number of rotatable bonds is 8. The van der Waals surface area contributed by atoms with Crippen molar-refractivity contribution in [1.82, 2.24) is 5.32 Å². The summed E-state index contributed by atoms with van der Waals surface area (Å²) in [7, 11) is 1.56. The highest BCUT2D eigenvalue weighted by Gasteiger charge is 2.33. The molecule has 0 saturated heterocycles. The maximum absolute atomic E-state index is 11.8. The number of hydrogen-bond acceptors (Lipinski definition) is 4. The molecule has 0 radical (unpaired) electrons. The van der Waals surface area contributed by atoms with Crippen molar-refractivity contribution in [3.05, 3.63) is 0 Å². The average molecular weight is 258 g/mol. The molecule has 0 bridgehead atoms. The molecular formula is C13H26N2O3. The maximum Gasteiger partial charge on any atom is 0.222 e. The highest BCUT2D eigenvalue weighted by Crippen LogP contribution is 2.40. The van der Waals surface area contributed by atoms with Gasteiger partial charge in [0, 0.05) is 26.8 Å². The molecule has 0 aromatic rings. The minimum absolute atomic E-state index is 0.0171. The van der Waals surface area contributed by atoms with Gasteiger partial charge in [0.05, 0.1) is 12.5 Å². The molecule has 5 heteroatoms. The monoisotopic (exact) mass is 258 g/mol. The van der Waals surface area contributed by atoms with Gasteiger partial charge in [-0.3, -0.25) is 4.79 Å². The van der Waals surface area contributed by atoms with E-state index < -0.39 is 0 Å². The van der Waals surface area contributed by atoms with E-state index in [1.54, 1.807) is 7.11 Å². The molecule has 106 valence electrons. The average Bonchev–Trinajstić information content (AvgIpc) is 2.83. The number of ether oxygens (including phenoxy) is 1. The van der Waals surface area contributed by atoms with Crippen LogP contribution >= 0.6 is 0 Å². The lowest BCUT2D eigenvalue weighted by molar-refractivity contribution is -0.124. The molecule has 5 nitrogen and oxygen atoms in total. The lowest BCUT2D eigenvalue weighted by Gasteiger charge is -2.28. The fourth-order valence-corrected chi connectivity index (χ4v) is 2.71. The van der Waals surface area contributed by atoms with Gasteiger partial charge in [-0.1, -0.05) is 12.8 Å². The molecule has 4 N–H and O–H groups in total. The number of nitrogens with two attached hydrogens (primary N) is 1. The van der Waals surface area contributed by atoms with Gasteiger partial charge in [0.1, 0.15) is 0 Å². The number of methoxy groups -OCH3 is 1. The van der Waals surface area contributed by atoms with Crippen LogP contribution in [0.5, 0.6) is 0 Å². The van der Waals surface area contributed by atoms with Crippen LogP contribution in [-0.2, 0) is 9.53 Å². The van der Waals surface area contributed by atoms with Gasteiger partial charge in [0.2, 0.25) is 5.91 Å². The highest BCUT2D eigenvalue weighted by molar-refractivity contribution is 5.76. The second-order valence-electron chi connectivity index (χ2n) is 5.25. The Labute approximate surface area is 109 Å². The van der Waals surface area contributed by atoms with Crippen molar-refractivity contribution < 1.29 is 14.6 Å². The molecule has 1 rings (SSSR count). The number of aliphatic hydroxyl groups excluding tert-OH is 1. The largest absolute Gasteiger partial charge is 0.396 e. The molecule has 1 fully saturated rings. The molecule has 1 aliphatic carbocycles. The molecule has 1 atom stereocenters. The molecule has 1 saturated carbocycles. The van der Waals surface area contributed by atoms with E-state index in [-0.39, 0.29) is 24.0 Å². The number of nitrogens with one attached hydrogen (secondary N) is 1. The molecular weight excluding hydrogens is 232 g/mol. The number of aliphatic hydroxyl groups is 1. The van der Waals surface area contributed by atoms with E-state index in [9.17, 15) is 4.79 Å². The Morgan fingerprint density at radius 3 is 2.67 bits per heavy atom. The van der Waals surface area contributed by atoms with E-state index in [0.29, 0.717) is 19.5 Å². The SMILES string of the molecule is COC(CN)CC(=O)NCC1(CCO)CCCC1. The van der Waals surface area contributed by atoms with Crippen molar-refractivity contribution >= 4 is 5.91 Å². The zero-order chi connectivity index (χ0) is 13.4. The summed E-state index contributed by atoms with van der Waals surface area (Å²) in [6.45, 7) is 1.21. The minimum Gasteiger partial charge on any atom is -0.396 e. The van der Waals surface area contributed by atoms with E-state index in [4.69, 9.17) is 15.6 Å². The van der Waals surface area contributed by atoms with Gasteiger partial charge in [-0.25, -0.2) is 0 Å². The second kappa shape index (κ2) is 7.71. The summed E-state index contributed by atoms with van der Waals surface area (Å²) in [5, 5.41) is 12.1.